The second-order valence-electron chi connectivity index (χ2n) is 7.81. The number of carbonyl (C=O) groups excluding carboxylic acids is 1. The first-order valence-corrected chi connectivity index (χ1v) is 13.4. The monoisotopic (exact) mass is 548 g/mol. The maximum absolute atomic E-state index is 11.5. The summed E-state index contributed by atoms with van der Waals surface area (Å²) in [5.74, 6) is 1.13. The van der Waals surface area contributed by atoms with Crippen molar-refractivity contribution in [3.8, 4) is 11.5 Å². The number of rotatable bonds is 8. The molecule has 1 aromatic heterocycles. The van der Waals surface area contributed by atoms with Crippen LogP contribution in [-0.4, -0.2) is 42.5 Å². The van der Waals surface area contributed by atoms with E-state index >= 15 is 0 Å². The fraction of sp³-hybridized carbons (Fsp3) is 0.320. The second kappa shape index (κ2) is 11.6. The van der Waals surface area contributed by atoms with Gasteiger partial charge in [-0.3, -0.25) is 4.79 Å². The molecular weight excluding hydrogens is 524 g/mol. The largest absolute Gasteiger partial charge is 0.493 e. The predicted octanol–water partition coefficient (Wildman–Crippen LogP) is 6.11. The van der Waals surface area contributed by atoms with E-state index in [1.165, 1.54) is 7.11 Å². The topological polar surface area (TPSA) is 69.7 Å². The molecule has 2 atom stereocenters. The van der Waals surface area contributed by atoms with Gasteiger partial charge in [0.2, 0.25) is 0 Å². The van der Waals surface area contributed by atoms with E-state index < -0.39 is 0 Å². The number of esters is 1. The molecule has 1 N–H and O–H groups in total. The number of aromatic nitrogens is 1. The average Bonchev–Trinajstić information content (AvgIpc) is 3.27. The molecule has 184 valence electrons. The minimum Gasteiger partial charge on any atom is -0.493 e. The molecule has 1 aliphatic rings. The van der Waals surface area contributed by atoms with Crippen molar-refractivity contribution in [1.29, 1.82) is 0 Å². The zero-order valence-electron chi connectivity index (χ0n) is 19.5. The highest BCUT2D eigenvalue weighted by molar-refractivity contribution is 8.02. The van der Waals surface area contributed by atoms with E-state index in [9.17, 15) is 4.79 Å². The normalized spacial score (nSPS) is 17.2. The van der Waals surface area contributed by atoms with Crippen molar-refractivity contribution in [2.24, 2.45) is 0 Å². The van der Waals surface area contributed by atoms with Gasteiger partial charge < -0.3 is 19.5 Å². The molecule has 0 amide bonds. The minimum atomic E-state index is -0.226. The maximum Gasteiger partial charge on any atom is 0.305 e. The van der Waals surface area contributed by atoms with Crippen molar-refractivity contribution in [2.45, 2.75) is 29.8 Å². The fourth-order valence-electron chi connectivity index (χ4n) is 3.92. The summed E-state index contributed by atoms with van der Waals surface area (Å²) in [6.07, 6.45) is 3.43. The number of aryl methyl sites for hydroxylation is 1. The summed E-state index contributed by atoms with van der Waals surface area (Å²) in [7, 11) is 4.68. The lowest BCUT2D eigenvalue weighted by atomic mass is 10.0. The van der Waals surface area contributed by atoms with Gasteiger partial charge in [-0.1, -0.05) is 36.0 Å². The number of halogens is 1. The van der Waals surface area contributed by atoms with Gasteiger partial charge in [0.25, 0.3) is 0 Å². The first kappa shape index (κ1) is 25.8. The summed E-state index contributed by atoms with van der Waals surface area (Å²) in [6.45, 7) is 0. The molecule has 35 heavy (non-hydrogen) atoms. The van der Waals surface area contributed by atoms with Crippen LogP contribution in [-0.2, 0) is 22.4 Å². The molecule has 0 aliphatic carbocycles. The van der Waals surface area contributed by atoms with Gasteiger partial charge in [-0.15, -0.1) is 23.1 Å². The summed E-state index contributed by atoms with van der Waals surface area (Å²) >= 11 is 15.6. The number of ether oxygens (including phenoxy) is 3. The van der Waals surface area contributed by atoms with Crippen molar-refractivity contribution >= 4 is 63.6 Å². The zero-order chi connectivity index (χ0) is 24.9. The van der Waals surface area contributed by atoms with Gasteiger partial charge in [-0.05, 0) is 36.2 Å². The third-order valence-electron chi connectivity index (χ3n) is 5.63. The van der Waals surface area contributed by atoms with Crippen LogP contribution >= 0.6 is 46.9 Å². The molecule has 0 radical (unpaired) electrons. The van der Waals surface area contributed by atoms with Crippen molar-refractivity contribution < 1.29 is 19.0 Å². The summed E-state index contributed by atoms with van der Waals surface area (Å²) < 4.78 is 16.1. The summed E-state index contributed by atoms with van der Waals surface area (Å²) in [4.78, 5) is 17.9. The number of thioether (sulfide) groups is 1. The van der Waals surface area contributed by atoms with Crippen LogP contribution < -0.4 is 14.8 Å². The number of thiazole rings is 1. The van der Waals surface area contributed by atoms with Crippen LogP contribution in [0.2, 0.25) is 5.02 Å². The highest BCUT2D eigenvalue weighted by Crippen LogP contribution is 2.50. The van der Waals surface area contributed by atoms with Crippen LogP contribution in [0.25, 0.3) is 0 Å². The molecule has 1 aliphatic heterocycles. The van der Waals surface area contributed by atoms with Gasteiger partial charge in [0.15, 0.2) is 11.5 Å². The highest BCUT2D eigenvalue weighted by atomic mass is 35.5. The molecule has 2 aromatic carbocycles. The van der Waals surface area contributed by atoms with Crippen molar-refractivity contribution in [3.63, 3.8) is 0 Å². The number of para-hydroxylation sites is 1. The molecule has 0 spiro atoms. The van der Waals surface area contributed by atoms with Gasteiger partial charge >= 0.3 is 5.97 Å². The van der Waals surface area contributed by atoms with Crippen LogP contribution in [0, 0.1) is 0 Å². The van der Waals surface area contributed by atoms with E-state index in [-0.39, 0.29) is 16.5 Å². The number of anilines is 1. The first-order chi connectivity index (χ1) is 16.9. The zero-order valence-corrected chi connectivity index (χ0v) is 22.7. The van der Waals surface area contributed by atoms with Crippen LogP contribution in [0.5, 0.6) is 11.5 Å². The van der Waals surface area contributed by atoms with E-state index in [2.05, 4.69) is 10.3 Å². The number of hydrogen-bond donors (Lipinski definition) is 1. The van der Waals surface area contributed by atoms with Gasteiger partial charge in [-0.2, -0.15) is 0 Å². The molecule has 3 aromatic rings. The third kappa shape index (κ3) is 5.91. The van der Waals surface area contributed by atoms with Crippen molar-refractivity contribution in [1.82, 2.24) is 4.98 Å². The Morgan fingerprint density at radius 3 is 2.74 bits per heavy atom. The van der Waals surface area contributed by atoms with Crippen LogP contribution in [0.3, 0.4) is 0 Å². The molecular formula is C25H25ClN2O4S3. The standard InChI is InChI=1S/C25H25ClN2O4S3/c1-30-19-6-4-5-16(23(19)32-3)24-17-11-14(26)7-9-18(17)28-25(33)20(35-24)12-21-27-13-15(34-21)8-10-22(29)31-2/h4-7,9,11,13,20,24H,8,10,12H2,1-3H3,(H,28,33)/t20-,24-/m1/s1. The van der Waals surface area contributed by atoms with Gasteiger partial charge in [-0.25, -0.2) is 4.98 Å². The van der Waals surface area contributed by atoms with Crippen LogP contribution in [0.15, 0.2) is 42.6 Å². The number of nitrogens with zero attached hydrogens (tertiary/aromatic N) is 1. The number of fused-ring (bicyclic) bond motifs is 1. The summed E-state index contributed by atoms with van der Waals surface area (Å²) in [6, 6.07) is 11.7. The maximum atomic E-state index is 11.5. The number of methoxy groups -OCH3 is 3. The molecule has 0 saturated heterocycles. The Morgan fingerprint density at radius 1 is 1.17 bits per heavy atom. The molecule has 0 unspecified atom stereocenters. The molecule has 6 nitrogen and oxygen atoms in total. The number of nitrogens with one attached hydrogen (secondary N) is 1. The number of benzene rings is 2. The minimum absolute atomic E-state index is 0.0447. The molecule has 2 heterocycles. The van der Waals surface area contributed by atoms with E-state index in [0.717, 1.165) is 31.7 Å². The van der Waals surface area contributed by atoms with E-state index in [0.29, 0.717) is 35.8 Å². The Labute approximate surface area is 223 Å². The lowest BCUT2D eigenvalue weighted by Gasteiger charge is -2.23. The molecule has 4 rings (SSSR count). The van der Waals surface area contributed by atoms with Gasteiger partial charge in [0.1, 0.15) is 0 Å². The smallest absolute Gasteiger partial charge is 0.305 e. The quantitative estimate of drug-likeness (QED) is 0.267. The number of hydrogen-bond acceptors (Lipinski definition) is 8. The summed E-state index contributed by atoms with van der Waals surface area (Å²) in [5.41, 5.74) is 2.92. The lowest BCUT2D eigenvalue weighted by molar-refractivity contribution is -0.140. The SMILES string of the molecule is COC(=O)CCc1cnc(C[C@H]2S[C@H](c3cccc(OC)c3OC)c3cc(Cl)ccc3NC2=S)s1. The molecule has 0 fully saturated rings. The first-order valence-electron chi connectivity index (χ1n) is 10.9. The Bertz CT molecular complexity index is 1230. The molecule has 10 heteroatoms. The Kier molecular flexibility index (Phi) is 8.54. The van der Waals surface area contributed by atoms with E-state index in [1.54, 1.807) is 37.3 Å². The second-order valence-corrected chi connectivity index (χ2v) is 11.2. The fourth-order valence-corrected chi connectivity index (χ4v) is 6.97. The predicted molar refractivity (Wildman–Crippen MR) is 147 cm³/mol. The Balaban J connectivity index is 1.67. The van der Waals surface area contributed by atoms with Crippen molar-refractivity contribution in [3.05, 3.63) is 68.6 Å². The molecule has 0 saturated carbocycles. The van der Waals surface area contributed by atoms with E-state index in [1.807, 2.05) is 42.6 Å². The van der Waals surface area contributed by atoms with Crippen molar-refractivity contribution in [2.75, 3.05) is 26.6 Å². The number of carbonyl (C=O) groups is 1. The number of thiocarbonyl (C=S) groups is 1. The van der Waals surface area contributed by atoms with Crippen LogP contribution in [0.4, 0.5) is 5.69 Å². The summed E-state index contributed by atoms with van der Waals surface area (Å²) in [5, 5.41) is 4.90. The average molecular weight is 549 g/mol. The van der Waals surface area contributed by atoms with Gasteiger partial charge in [0.05, 0.1) is 48.2 Å². The molecule has 0 bridgehead atoms. The lowest BCUT2D eigenvalue weighted by Crippen LogP contribution is -2.24. The van der Waals surface area contributed by atoms with Gasteiger partial charge in [0, 0.05) is 33.8 Å². The third-order valence-corrected chi connectivity index (χ3v) is 8.99. The highest BCUT2D eigenvalue weighted by Gasteiger charge is 2.32. The Morgan fingerprint density at radius 2 is 2.00 bits per heavy atom. The Hall–Kier alpha value is -2.33. The van der Waals surface area contributed by atoms with E-state index in [4.69, 9.17) is 38.0 Å². The van der Waals surface area contributed by atoms with Crippen LogP contribution in [0.1, 0.15) is 32.7 Å².